The first kappa shape index (κ1) is 20.1. The predicted molar refractivity (Wildman–Crippen MR) is 110 cm³/mol. The number of benzene rings is 1. The van der Waals surface area contributed by atoms with Crippen molar-refractivity contribution in [2.75, 3.05) is 37.1 Å². The van der Waals surface area contributed by atoms with Crippen molar-refractivity contribution >= 4 is 39.2 Å². The molecule has 1 aromatic carbocycles. The highest BCUT2D eigenvalue weighted by molar-refractivity contribution is 9.10. The molecular formula is C20H22BrN3O4. The number of hydrogen-bond donors (Lipinski definition) is 0. The summed E-state index contributed by atoms with van der Waals surface area (Å²) in [7, 11) is 3.11. The van der Waals surface area contributed by atoms with E-state index in [0.29, 0.717) is 29.5 Å². The lowest BCUT2D eigenvalue weighted by molar-refractivity contribution is -0.124. The molecule has 1 fully saturated rings. The molecule has 0 saturated carbocycles. The monoisotopic (exact) mass is 447 g/mol. The zero-order valence-electron chi connectivity index (χ0n) is 16.0. The fraction of sp³-hybridized carbons (Fsp3) is 0.350. The van der Waals surface area contributed by atoms with Crippen LogP contribution in [-0.2, 0) is 9.59 Å². The second-order valence-corrected chi connectivity index (χ2v) is 7.28. The number of rotatable bonds is 6. The van der Waals surface area contributed by atoms with Gasteiger partial charge in [-0.3, -0.25) is 14.5 Å². The standard InChI is InChI=1S/C20H22BrN3O4/c1-4-23(18-8-5-14(21)11-22-18)20(26)13-9-19(25)24(12-13)16-10-15(27-2)6-7-17(16)28-3/h5-8,10-11,13H,4,9,12H2,1-3H3. The molecule has 148 valence electrons. The van der Waals surface area contributed by atoms with Crippen molar-refractivity contribution in [2.24, 2.45) is 5.92 Å². The van der Waals surface area contributed by atoms with Gasteiger partial charge in [-0.1, -0.05) is 0 Å². The molecule has 3 rings (SSSR count). The van der Waals surface area contributed by atoms with Crippen LogP contribution in [0.4, 0.5) is 11.5 Å². The van der Waals surface area contributed by atoms with E-state index in [-0.39, 0.29) is 24.8 Å². The van der Waals surface area contributed by atoms with Crippen LogP contribution >= 0.6 is 15.9 Å². The minimum absolute atomic E-state index is 0.116. The number of nitrogens with zero attached hydrogens (tertiary/aromatic N) is 3. The van der Waals surface area contributed by atoms with Crippen LogP contribution in [0.15, 0.2) is 41.0 Å². The maximum atomic E-state index is 13.1. The Kier molecular flexibility index (Phi) is 6.18. The lowest BCUT2D eigenvalue weighted by Gasteiger charge is -2.24. The summed E-state index contributed by atoms with van der Waals surface area (Å²) < 4.78 is 11.5. The Balaban J connectivity index is 1.84. The van der Waals surface area contributed by atoms with Crippen LogP contribution in [0.2, 0.25) is 0 Å². The second-order valence-electron chi connectivity index (χ2n) is 6.36. The third-order valence-electron chi connectivity index (χ3n) is 4.72. The van der Waals surface area contributed by atoms with Gasteiger partial charge < -0.3 is 14.4 Å². The number of anilines is 2. The molecule has 1 aliphatic heterocycles. The third kappa shape index (κ3) is 3.96. The molecule has 1 aliphatic rings. The first-order chi connectivity index (χ1) is 13.5. The lowest BCUT2D eigenvalue weighted by Crippen LogP contribution is -2.38. The average Bonchev–Trinajstić information content (AvgIpc) is 3.10. The molecule has 2 aromatic rings. The fourth-order valence-electron chi connectivity index (χ4n) is 3.29. The summed E-state index contributed by atoms with van der Waals surface area (Å²) in [5, 5.41) is 0. The summed E-state index contributed by atoms with van der Waals surface area (Å²) in [5.74, 6) is 1.06. The Morgan fingerprint density at radius 2 is 2.07 bits per heavy atom. The minimum Gasteiger partial charge on any atom is -0.497 e. The summed E-state index contributed by atoms with van der Waals surface area (Å²) in [5.41, 5.74) is 0.604. The van der Waals surface area contributed by atoms with Gasteiger partial charge in [-0.15, -0.1) is 0 Å². The van der Waals surface area contributed by atoms with E-state index in [4.69, 9.17) is 9.47 Å². The molecule has 7 nitrogen and oxygen atoms in total. The SMILES string of the molecule is CCN(C(=O)C1CC(=O)N(c2cc(OC)ccc2OC)C1)c1ccc(Br)cn1. The normalized spacial score (nSPS) is 16.2. The molecule has 0 aliphatic carbocycles. The van der Waals surface area contributed by atoms with E-state index in [1.807, 2.05) is 13.0 Å². The number of ether oxygens (including phenoxy) is 2. The van der Waals surface area contributed by atoms with Crippen LogP contribution in [0.5, 0.6) is 11.5 Å². The summed E-state index contributed by atoms with van der Waals surface area (Å²) in [4.78, 5) is 33.3. The number of methoxy groups -OCH3 is 2. The molecule has 1 aromatic heterocycles. The lowest BCUT2D eigenvalue weighted by atomic mass is 10.1. The van der Waals surface area contributed by atoms with Crippen molar-refractivity contribution in [1.29, 1.82) is 0 Å². The van der Waals surface area contributed by atoms with Crippen LogP contribution in [0.25, 0.3) is 0 Å². The first-order valence-corrected chi connectivity index (χ1v) is 9.73. The highest BCUT2D eigenvalue weighted by atomic mass is 79.9. The average molecular weight is 448 g/mol. The molecule has 8 heteroatoms. The molecular weight excluding hydrogens is 426 g/mol. The summed E-state index contributed by atoms with van der Waals surface area (Å²) in [6, 6.07) is 8.89. The number of carbonyl (C=O) groups is 2. The molecule has 1 saturated heterocycles. The molecule has 1 atom stereocenters. The van der Waals surface area contributed by atoms with Crippen molar-refractivity contribution in [3.8, 4) is 11.5 Å². The van der Waals surface area contributed by atoms with Crippen molar-refractivity contribution in [1.82, 2.24) is 4.98 Å². The number of aromatic nitrogens is 1. The zero-order chi connectivity index (χ0) is 20.3. The number of hydrogen-bond acceptors (Lipinski definition) is 5. The Hall–Kier alpha value is -2.61. The van der Waals surface area contributed by atoms with E-state index < -0.39 is 5.92 Å². The highest BCUT2D eigenvalue weighted by Crippen LogP contribution is 2.36. The topological polar surface area (TPSA) is 72.0 Å². The first-order valence-electron chi connectivity index (χ1n) is 8.93. The number of carbonyl (C=O) groups excluding carboxylic acids is 2. The maximum Gasteiger partial charge on any atom is 0.233 e. The van der Waals surface area contributed by atoms with E-state index >= 15 is 0 Å². The van der Waals surface area contributed by atoms with E-state index in [2.05, 4.69) is 20.9 Å². The molecule has 0 radical (unpaired) electrons. The Morgan fingerprint density at radius 3 is 2.68 bits per heavy atom. The van der Waals surface area contributed by atoms with Crippen LogP contribution in [-0.4, -0.2) is 44.1 Å². The summed E-state index contributed by atoms with van der Waals surface area (Å²) >= 11 is 3.35. The minimum atomic E-state index is -0.450. The molecule has 1 unspecified atom stereocenters. The quantitative estimate of drug-likeness (QED) is 0.679. The molecule has 28 heavy (non-hydrogen) atoms. The largest absolute Gasteiger partial charge is 0.497 e. The van der Waals surface area contributed by atoms with Crippen LogP contribution < -0.4 is 19.3 Å². The van der Waals surface area contributed by atoms with Gasteiger partial charge in [0.2, 0.25) is 11.8 Å². The van der Waals surface area contributed by atoms with Gasteiger partial charge in [-0.25, -0.2) is 4.98 Å². The van der Waals surface area contributed by atoms with Crippen molar-refractivity contribution in [2.45, 2.75) is 13.3 Å². The molecule has 0 spiro atoms. The number of pyridine rings is 1. The number of halogens is 1. The Morgan fingerprint density at radius 1 is 1.29 bits per heavy atom. The molecule has 2 amide bonds. The van der Waals surface area contributed by atoms with Gasteiger partial charge in [-0.05, 0) is 47.1 Å². The van der Waals surface area contributed by atoms with E-state index in [1.165, 1.54) is 0 Å². The zero-order valence-corrected chi connectivity index (χ0v) is 17.6. The van der Waals surface area contributed by atoms with Gasteiger partial charge in [0.1, 0.15) is 17.3 Å². The predicted octanol–water partition coefficient (Wildman–Crippen LogP) is 3.27. The van der Waals surface area contributed by atoms with Gasteiger partial charge >= 0.3 is 0 Å². The third-order valence-corrected chi connectivity index (χ3v) is 5.19. The molecule has 2 heterocycles. The van der Waals surface area contributed by atoms with Gasteiger partial charge in [0.25, 0.3) is 0 Å². The van der Waals surface area contributed by atoms with Gasteiger partial charge in [0.05, 0.1) is 25.8 Å². The summed E-state index contributed by atoms with van der Waals surface area (Å²) in [6.07, 6.45) is 1.80. The number of amides is 2. The van der Waals surface area contributed by atoms with Crippen molar-refractivity contribution < 1.29 is 19.1 Å². The van der Waals surface area contributed by atoms with E-state index in [1.54, 1.807) is 54.5 Å². The maximum absolute atomic E-state index is 13.1. The Labute approximate surface area is 172 Å². The van der Waals surface area contributed by atoms with Crippen molar-refractivity contribution in [3.05, 3.63) is 41.0 Å². The molecule has 0 N–H and O–H groups in total. The fourth-order valence-corrected chi connectivity index (χ4v) is 3.53. The van der Waals surface area contributed by atoms with Crippen LogP contribution in [0.1, 0.15) is 13.3 Å². The van der Waals surface area contributed by atoms with E-state index in [0.717, 1.165) is 4.47 Å². The van der Waals surface area contributed by atoms with Gasteiger partial charge in [-0.2, -0.15) is 0 Å². The highest BCUT2D eigenvalue weighted by Gasteiger charge is 2.38. The van der Waals surface area contributed by atoms with Crippen molar-refractivity contribution in [3.63, 3.8) is 0 Å². The van der Waals surface area contributed by atoms with Gasteiger partial charge in [0.15, 0.2) is 0 Å². The summed E-state index contributed by atoms with van der Waals surface area (Å²) in [6.45, 7) is 2.65. The molecule has 0 bridgehead atoms. The van der Waals surface area contributed by atoms with Crippen LogP contribution in [0, 0.1) is 5.92 Å². The second kappa shape index (κ2) is 8.60. The smallest absolute Gasteiger partial charge is 0.233 e. The van der Waals surface area contributed by atoms with Gasteiger partial charge in [0, 0.05) is 36.2 Å². The van der Waals surface area contributed by atoms with Crippen LogP contribution in [0.3, 0.4) is 0 Å². The Bertz CT molecular complexity index is 872. The van der Waals surface area contributed by atoms with E-state index in [9.17, 15) is 9.59 Å².